The zero-order chi connectivity index (χ0) is 27.4. The highest BCUT2D eigenvalue weighted by molar-refractivity contribution is 6.10. The van der Waals surface area contributed by atoms with Crippen LogP contribution in [0.25, 0.3) is 23.1 Å². The van der Waals surface area contributed by atoms with Crippen molar-refractivity contribution in [1.29, 1.82) is 0 Å². The van der Waals surface area contributed by atoms with Gasteiger partial charge in [0.15, 0.2) is 0 Å². The van der Waals surface area contributed by atoms with Crippen molar-refractivity contribution in [1.82, 2.24) is 15.1 Å². The molecular formula is C31H28F2N4O3. The Morgan fingerprint density at radius 3 is 2.67 bits per heavy atom. The quantitative estimate of drug-likeness (QED) is 0.349. The minimum absolute atomic E-state index is 0.0181. The molecule has 0 radical (unpaired) electrons. The van der Waals surface area contributed by atoms with E-state index in [0.29, 0.717) is 37.6 Å². The van der Waals surface area contributed by atoms with Gasteiger partial charge in [0.05, 0.1) is 36.9 Å². The summed E-state index contributed by atoms with van der Waals surface area (Å²) in [4.78, 5) is 15.0. The van der Waals surface area contributed by atoms with Crippen LogP contribution in [0.2, 0.25) is 0 Å². The number of hydrogen-bond donors (Lipinski definition) is 2. The third kappa shape index (κ3) is 4.08. The number of nitrogens with zero attached hydrogens (tertiary/aromatic N) is 2. The number of rotatable bonds is 6. The van der Waals surface area contributed by atoms with E-state index in [-0.39, 0.29) is 23.9 Å². The zero-order valence-corrected chi connectivity index (χ0v) is 22.0. The third-order valence-electron chi connectivity index (χ3n) is 8.42. The van der Waals surface area contributed by atoms with Crippen LogP contribution in [0.4, 0.5) is 14.5 Å². The van der Waals surface area contributed by atoms with Gasteiger partial charge in [0, 0.05) is 42.2 Å². The Morgan fingerprint density at radius 2 is 1.90 bits per heavy atom. The van der Waals surface area contributed by atoms with Gasteiger partial charge in [0.1, 0.15) is 17.4 Å². The molecule has 0 unspecified atom stereocenters. The van der Waals surface area contributed by atoms with E-state index in [1.165, 1.54) is 12.1 Å². The molecule has 3 aliphatic rings. The second-order valence-corrected chi connectivity index (χ2v) is 10.7. The van der Waals surface area contributed by atoms with E-state index in [1.807, 2.05) is 41.3 Å². The standard InChI is InChI=1S/C31H28F2N4O3/c1-39-20-4-7-28-23(15-20)31(30(38)34-28)16-24(31)19-3-5-21-27(35-36-29(21)14-19)6-2-18-12-25(32)22(26(33)13-18)17-37-8-10-40-11-9-37/h2-7,12-15,24H,8-11,16-17H2,1H3,(H,34,38)(H,35,36)/t24-,31-/m0/s1. The number of hydrogen-bond acceptors (Lipinski definition) is 5. The molecule has 3 aromatic carbocycles. The first-order valence-electron chi connectivity index (χ1n) is 13.4. The van der Waals surface area contributed by atoms with Crippen molar-refractivity contribution >= 4 is 34.6 Å². The number of amides is 1. The number of H-pyrrole nitrogens is 1. The molecule has 1 aromatic heterocycles. The molecule has 2 atom stereocenters. The summed E-state index contributed by atoms with van der Waals surface area (Å²) in [6.07, 6.45) is 4.14. The number of methoxy groups -OCH3 is 1. The van der Waals surface area contributed by atoms with Crippen LogP contribution in [0.1, 0.15) is 40.3 Å². The van der Waals surface area contributed by atoms with Gasteiger partial charge in [-0.3, -0.25) is 14.8 Å². The molecule has 1 saturated carbocycles. The molecule has 4 aromatic rings. The number of morpholine rings is 1. The maximum absolute atomic E-state index is 14.8. The predicted octanol–water partition coefficient (Wildman–Crippen LogP) is 5.23. The second-order valence-electron chi connectivity index (χ2n) is 10.7. The molecule has 3 heterocycles. The number of anilines is 1. The van der Waals surface area contributed by atoms with Gasteiger partial charge in [-0.05, 0) is 65.6 Å². The SMILES string of the molecule is COc1ccc2c(c1)[C@]1(C[C@H]1c1ccc3c(C=Cc4cc(F)c(CN5CCOCC5)c(F)c4)n[nH]c3c1)C(=O)N2. The molecule has 1 saturated heterocycles. The van der Waals surface area contributed by atoms with E-state index in [1.54, 1.807) is 19.3 Å². The molecule has 7 rings (SSSR count). The summed E-state index contributed by atoms with van der Waals surface area (Å²) < 4.78 is 40.3. The van der Waals surface area contributed by atoms with E-state index in [2.05, 4.69) is 15.5 Å². The van der Waals surface area contributed by atoms with Crippen LogP contribution in [0.5, 0.6) is 5.75 Å². The Labute approximate surface area is 229 Å². The largest absolute Gasteiger partial charge is 0.497 e. The monoisotopic (exact) mass is 542 g/mol. The fraction of sp³-hybridized carbons (Fsp3) is 0.290. The highest BCUT2D eigenvalue weighted by Gasteiger charge is 2.65. The van der Waals surface area contributed by atoms with Crippen molar-refractivity contribution in [3.8, 4) is 5.75 Å². The Balaban J connectivity index is 1.11. The minimum Gasteiger partial charge on any atom is -0.497 e. The zero-order valence-electron chi connectivity index (χ0n) is 22.0. The van der Waals surface area contributed by atoms with Crippen LogP contribution in [0.3, 0.4) is 0 Å². The van der Waals surface area contributed by atoms with Crippen LogP contribution >= 0.6 is 0 Å². The van der Waals surface area contributed by atoms with E-state index in [0.717, 1.165) is 39.9 Å². The summed E-state index contributed by atoms with van der Waals surface area (Å²) in [5, 5.41) is 11.4. The summed E-state index contributed by atoms with van der Waals surface area (Å²) >= 11 is 0. The number of fused-ring (bicyclic) bond motifs is 3. The third-order valence-corrected chi connectivity index (χ3v) is 8.42. The number of benzene rings is 3. The Kier molecular flexibility index (Phi) is 5.94. The topological polar surface area (TPSA) is 79.5 Å². The van der Waals surface area contributed by atoms with Gasteiger partial charge in [-0.25, -0.2) is 8.78 Å². The van der Waals surface area contributed by atoms with Crippen molar-refractivity contribution in [2.24, 2.45) is 0 Å². The van der Waals surface area contributed by atoms with Crippen molar-refractivity contribution in [3.05, 3.63) is 88.1 Å². The van der Waals surface area contributed by atoms with E-state index < -0.39 is 17.0 Å². The summed E-state index contributed by atoms with van der Waals surface area (Å²) in [5.74, 6) is -0.321. The number of aromatic nitrogens is 2. The molecule has 1 amide bonds. The Bertz CT molecular complexity index is 1650. The fourth-order valence-corrected chi connectivity index (χ4v) is 6.13. The normalized spacial score (nSPS) is 22.3. The van der Waals surface area contributed by atoms with Gasteiger partial charge in [0.25, 0.3) is 0 Å². The summed E-state index contributed by atoms with van der Waals surface area (Å²) in [6, 6.07) is 14.4. The van der Waals surface area contributed by atoms with Gasteiger partial charge in [0.2, 0.25) is 5.91 Å². The smallest absolute Gasteiger partial charge is 0.235 e. The number of carbonyl (C=O) groups is 1. The second kappa shape index (κ2) is 9.53. The lowest BCUT2D eigenvalue weighted by molar-refractivity contribution is -0.118. The molecule has 1 aliphatic carbocycles. The summed E-state index contributed by atoms with van der Waals surface area (Å²) in [7, 11) is 1.62. The van der Waals surface area contributed by atoms with Gasteiger partial charge in [-0.1, -0.05) is 18.2 Å². The number of aromatic amines is 1. The lowest BCUT2D eigenvalue weighted by Gasteiger charge is -2.26. The lowest BCUT2D eigenvalue weighted by Crippen LogP contribution is -2.36. The molecule has 1 spiro atoms. The summed E-state index contributed by atoms with van der Waals surface area (Å²) in [5.41, 5.74) is 4.29. The number of nitrogens with one attached hydrogen (secondary N) is 2. The van der Waals surface area contributed by atoms with Crippen molar-refractivity contribution in [3.63, 3.8) is 0 Å². The Morgan fingerprint density at radius 1 is 1.10 bits per heavy atom. The van der Waals surface area contributed by atoms with Crippen LogP contribution in [-0.4, -0.2) is 54.4 Å². The highest BCUT2D eigenvalue weighted by atomic mass is 19.1. The minimum atomic E-state index is -0.581. The molecule has 2 aliphatic heterocycles. The van der Waals surface area contributed by atoms with Gasteiger partial charge in [-0.2, -0.15) is 5.10 Å². The summed E-state index contributed by atoms with van der Waals surface area (Å²) in [6.45, 7) is 2.68. The first-order valence-corrected chi connectivity index (χ1v) is 13.4. The van der Waals surface area contributed by atoms with E-state index >= 15 is 0 Å². The van der Waals surface area contributed by atoms with Crippen LogP contribution in [0, 0.1) is 11.6 Å². The molecule has 40 heavy (non-hydrogen) atoms. The number of carbonyl (C=O) groups excluding carboxylic acids is 1. The first kappa shape index (κ1) is 24.9. The first-order chi connectivity index (χ1) is 19.5. The number of halogens is 2. The van der Waals surface area contributed by atoms with Gasteiger partial charge >= 0.3 is 0 Å². The number of ether oxygens (including phenoxy) is 2. The molecule has 2 fully saturated rings. The molecule has 2 N–H and O–H groups in total. The Hall–Kier alpha value is -4.08. The highest BCUT2D eigenvalue weighted by Crippen LogP contribution is 2.65. The van der Waals surface area contributed by atoms with Crippen molar-refractivity contribution in [2.45, 2.75) is 24.3 Å². The lowest BCUT2D eigenvalue weighted by atomic mass is 9.91. The molecular weight excluding hydrogens is 514 g/mol. The van der Waals surface area contributed by atoms with Gasteiger partial charge in [-0.15, -0.1) is 0 Å². The van der Waals surface area contributed by atoms with Crippen LogP contribution in [0.15, 0.2) is 48.5 Å². The molecule has 0 bridgehead atoms. The maximum Gasteiger partial charge on any atom is 0.235 e. The van der Waals surface area contributed by atoms with Crippen molar-refractivity contribution in [2.75, 3.05) is 38.7 Å². The van der Waals surface area contributed by atoms with Crippen molar-refractivity contribution < 1.29 is 23.0 Å². The van der Waals surface area contributed by atoms with Crippen LogP contribution < -0.4 is 10.1 Å². The van der Waals surface area contributed by atoms with E-state index in [4.69, 9.17) is 9.47 Å². The molecule has 7 nitrogen and oxygen atoms in total. The van der Waals surface area contributed by atoms with E-state index in [9.17, 15) is 13.6 Å². The van der Waals surface area contributed by atoms with Crippen LogP contribution in [-0.2, 0) is 21.5 Å². The predicted molar refractivity (Wildman–Crippen MR) is 148 cm³/mol. The average Bonchev–Trinajstić information content (AvgIpc) is 3.51. The average molecular weight is 543 g/mol. The van der Waals surface area contributed by atoms with Gasteiger partial charge < -0.3 is 14.8 Å². The maximum atomic E-state index is 14.8. The fourth-order valence-electron chi connectivity index (χ4n) is 6.13. The molecule has 9 heteroatoms. The molecule has 204 valence electrons.